The quantitative estimate of drug-likeness (QED) is 0.724. The molecule has 4 rings (SSSR count). The fraction of sp³-hybridized carbons (Fsp3) is 0.250. The van der Waals surface area contributed by atoms with E-state index in [4.69, 9.17) is 16.1 Å². The highest BCUT2D eigenvalue weighted by Gasteiger charge is 2.15. The van der Waals surface area contributed by atoms with Crippen LogP contribution in [0.3, 0.4) is 0 Å². The van der Waals surface area contributed by atoms with E-state index in [9.17, 15) is 4.79 Å². The number of nitrogens with one attached hydrogen (secondary N) is 1. The van der Waals surface area contributed by atoms with E-state index in [1.54, 1.807) is 24.4 Å². The van der Waals surface area contributed by atoms with E-state index in [2.05, 4.69) is 20.4 Å². The van der Waals surface area contributed by atoms with Crippen LogP contribution in [0.1, 0.15) is 28.9 Å². The Hall–Kier alpha value is -2.86. The van der Waals surface area contributed by atoms with Crippen molar-refractivity contribution in [3.05, 3.63) is 64.9 Å². The molecular weight excluding hydrogens is 364 g/mol. The van der Waals surface area contributed by atoms with Gasteiger partial charge in [0.2, 0.25) is 0 Å². The van der Waals surface area contributed by atoms with Crippen molar-refractivity contribution >= 4 is 23.3 Å². The lowest BCUT2D eigenvalue weighted by Gasteiger charge is -2.16. The summed E-state index contributed by atoms with van der Waals surface area (Å²) in [4.78, 5) is 19.1. The van der Waals surface area contributed by atoms with Crippen LogP contribution in [0.5, 0.6) is 0 Å². The first-order chi connectivity index (χ1) is 13.2. The second-order valence-electron chi connectivity index (χ2n) is 6.49. The Labute approximate surface area is 162 Å². The Bertz CT molecular complexity index is 933. The van der Waals surface area contributed by atoms with Gasteiger partial charge in [0, 0.05) is 42.5 Å². The number of benzene rings is 1. The molecule has 0 aliphatic carbocycles. The van der Waals surface area contributed by atoms with Crippen LogP contribution in [-0.2, 0) is 6.54 Å². The van der Waals surface area contributed by atoms with Gasteiger partial charge in [0.15, 0.2) is 11.5 Å². The second kappa shape index (κ2) is 7.80. The molecule has 27 heavy (non-hydrogen) atoms. The van der Waals surface area contributed by atoms with E-state index in [0.29, 0.717) is 17.3 Å². The van der Waals surface area contributed by atoms with Crippen molar-refractivity contribution in [1.82, 2.24) is 15.5 Å². The van der Waals surface area contributed by atoms with E-state index < -0.39 is 0 Å². The van der Waals surface area contributed by atoms with Crippen LogP contribution in [0.4, 0.5) is 5.82 Å². The largest absolute Gasteiger partial charge is 0.357 e. The number of nitrogens with zero attached hydrogens (tertiary/aromatic N) is 3. The smallest absolute Gasteiger partial charge is 0.273 e. The minimum Gasteiger partial charge on any atom is -0.357 e. The summed E-state index contributed by atoms with van der Waals surface area (Å²) in [6.45, 7) is 2.50. The lowest BCUT2D eigenvalue weighted by Crippen LogP contribution is -2.23. The fourth-order valence-electron chi connectivity index (χ4n) is 3.09. The van der Waals surface area contributed by atoms with E-state index >= 15 is 0 Å². The molecule has 1 saturated heterocycles. The zero-order chi connectivity index (χ0) is 18.6. The average Bonchev–Trinajstić information content (AvgIpc) is 3.38. The molecule has 7 heteroatoms. The number of halogens is 1. The van der Waals surface area contributed by atoms with Gasteiger partial charge >= 0.3 is 0 Å². The summed E-state index contributed by atoms with van der Waals surface area (Å²) in [5, 5.41) is 7.28. The van der Waals surface area contributed by atoms with Crippen molar-refractivity contribution in [1.29, 1.82) is 0 Å². The van der Waals surface area contributed by atoms with E-state index in [0.717, 1.165) is 30.0 Å². The predicted octanol–water partition coefficient (Wildman–Crippen LogP) is 3.92. The van der Waals surface area contributed by atoms with E-state index in [1.165, 1.54) is 12.8 Å². The number of hydrogen-bond donors (Lipinski definition) is 1. The third-order valence-corrected chi connectivity index (χ3v) is 4.78. The SMILES string of the molecule is O=C(NCc1ccc(N2CCCC2)nc1)c1cc(-c2cccc(Cl)c2)on1. The lowest BCUT2D eigenvalue weighted by atomic mass is 10.1. The van der Waals surface area contributed by atoms with Gasteiger partial charge in [-0.3, -0.25) is 4.79 Å². The summed E-state index contributed by atoms with van der Waals surface area (Å²) in [7, 11) is 0. The number of hydrogen-bond acceptors (Lipinski definition) is 5. The minimum atomic E-state index is -0.296. The molecule has 0 radical (unpaired) electrons. The topological polar surface area (TPSA) is 71.3 Å². The minimum absolute atomic E-state index is 0.228. The third-order valence-electron chi connectivity index (χ3n) is 4.54. The number of rotatable bonds is 5. The van der Waals surface area contributed by atoms with Gasteiger partial charge < -0.3 is 14.7 Å². The van der Waals surface area contributed by atoms with Crippen molar-refractivity contribution in [2.24, 2.45) is 0 Å². The summed E-state index contributed by atoms with van der Waals surface area (Å²) in [5.41, 5.74) is 1.94. The van der Waals surface area contributed by atoms with Crippen molar-refractivity contribution < 1.29 is 9.32 Å². The molecule has 1 N–H and O–H groups in total. The maximum absolute atomic E-state index is 12.3. The molecule has 0 bridgehead atoms. The van der Waals surface area contributed by atoms with Crippen LogP contribution in [0.25, 0.3) is 11.3 Å². The Kier molecular flexibility index (Phi) is 5.07. The number of amides is 1. The number of anilines is 1. The molecule has 1 aliphatic heterocycles. The molecule has 0 atom stereocenters. The molecule has 0 saturated carbocycles. The summed E-state index contributed by atoms with van der Waals surface area (Å²) in [5.74, 6) is 1.19. The lowest BCUT2D eigenvalue weighted by molar-refractivity contribution is 0.0942. The molecular formula is C20H19ClN4O2. The first kappa shape index (κ1) is 17.5. The first-order valence-corrected chi connectivity index (χ1v) is 9.27. The Balaban J connectivity index is 1.37. The summed E-state index contributed by atoms with van der Waals surface area (Å²) < 4.78 is 5.26. The van der Waals surface area contributed by atoms with Gasteiger partial charge in [0.05, 0.1) is 0 Å². The normalized spacial score (nSPS) is 13.7. The highest BCUT2D eigenvalue weighted by Crippen LogP contribution is 2.23. The predicted molar refractivity (Wildman–Crippen MR) is 104 cm³/mol. The molecule has 138 valence electrons. The van der Waals surface area contributed by atoms with Gasteiger partial charge in [-0.25, -0.2) is 4.98 Å². The number of carbonyl (C=O) groups is 1. The molecule has 2 aromatic heterocycles. The standard InChI is InChI=1S/C20H19ClN4O2/c21-16-5-3-4-15(10-16)18-11-17(24-27-18)20(26)23-13-14-6-7-19(22-12-14)25-8-1-2-9-25/h3-7,10-12H,1-2,8-9,13H2,(H,23,26). The van der Waals surface area contributed by atoms with Crippen molar-refractivity contribution in [3.8, 4) is 11.3 Å². The maximum Gasteiger partial charge on any atom is 0.273 e. The van der Waals surface area contributed by atoms with Crippen LogP contribution in [0, 0.1) is 0 Å². The van der Waals surface area contributed by atoms with Gasteiger partial charge in [0.1, 0.15) is 5.82 Å². The van der Waals surface area contributed by atoms with Gasteiger partial charge in [-0.2, -0.15) is 0 Å². The van der Waals surface area contributed by atoms with Gasteiger partial charge in [-0.05, 0) is 36.6 Å². The third kappa shape index (κ3) is 4.11. The van der Waals surface area contributed by atoms with Crippen molar-refractivity contribution in [2.75, 3.05) is 18.0 Å². The Morgan fingerprint density at radius 1 is 1.19 bits per heavy atom. The fourth-order valence-corrected chi connectivity index (χ4v) is 3.28. The van der Waals surface area contributed by atoms with Crippen LogP contribution in [0.2, 0.25) is 5.02 Å². The van der Waals surface area contributed by atoms with Gasteiger partial charge in [-0.1, -0.05) is 35.0 Å². The highest BCUT2D eigenvalue weighted by molar-refractivity contribution is 6.30. The molecule has 1 aromatic carbocycles. The van der Waals surface area contributed by atoms with Crippen LogP contribution >= 0.6 is 11.6 Å². The number of aromatic nitrogens is 2. The van der Waals surface area contributed by atoms with Crippen molar-refractivity contribution in [3.63, 3.8) is 0 Å². The summed E-state index contributed by atoms with van der Waals surface area (Å²) >= 11 is 5.98. The maximum atomic E-state index is 12.3. The monoisotopic (exact) mass is 382 g/mol. The van der Waals surface area contributed by atoms with E-state index in [-0.39, 0.29) is 11.6 Å². The Morgan fingerprint density at radius 3 is 2.78 bits per heavy atom. The Morgan fingerprint density at radius 2 is 2.04 bits per heavy atom. The second-order valence-corrected chi connectivity index (χ2v) is 6.92. The number of pyridine rings is 1. The molecule has 3 heterocycles. The van der Waals surface area contributed by atoms with Crippen LogP contribution < -0.4 is 10.2 Å². The first-order valence-electron chi connectivity index (χ1n) is 8.90. The van der Waals surface area contributed by atoms with E-state index in [1.807, 2.05) is 24.3 Å². The molecule has 1 aliphatic rings. The molecule has 6 nitrogen and oxygen atoms in total. The number of carbonyl (C=O) groups excluding carboxylic acids is 1. The van der Waals surface area contributed by atoms with Crippen molar-refractivity contribution in [2.45, 2.75) is 19.4 Å². The van der Waals surface area contributed by atoms with Crippen LogP contribution in [-0.4, -0.2) is 29.1 Å². The summed E-state index contributed by atoms with van der Waals surface area (Å²) in [6, 6.07) is 12.8. The summed E-state index contributed by atoms with van der Waals surface area (Å²) in [6.07, 6.45) is 4.23. The molecule has 1 amide bonds. The molecule has 0 unspecified atom stereocenters. The molecule has 3 aromatic rings. The zero-order valence-corrected chi connectivity index (χ0v) is 15.4. The zero-order valence-electron chi connectivity index (χ0n) is 14.7. The van der Waals surface area contributed by atoms with Crippen LogP contribution in [0.15, 0.2) is 53.2 Å². The molecule has 1 fully saturated rings. The molecule has 0 spiro atoms. The van der Waals surface area contributed by atoms with Gasteiger partial charge in [-0.15, -0.1) is 0 Å². The average molecular weight is 383 g/mol. The van der Waals surface area contributed by atoms with Gasteiger partial charge in [0.25, 0.3) is 5.91 Å². The highest BCUT2D eigenvalue weighted by atomic mass is 35.5.